The summed E-state index contributed by atoms with van der Waals surface area (Å²) < 4.78 is 1.85. The van der Waals surface area contributed by atoms with Gasteiger partial charge in [0, 0.05) is 23.9 Å². The lowest BCUT2D eigenvalue weighted by molar-refractivity contribution is -0.116. The highest BCUT2D eigenvalue weighted by Gasteiger charge is 2.18. The number of benzene rings is 2. The van der Waals surface area contributed by atoms with Crippen molar-refractivity contribution in [1.29, 1.82) is 0 Å². The van der Waals surface area contributed by atoms with E-state index in [-0.39, 0.29) is 11.3 Å². The number of amides is 1. The van der Waals surface area contributed by atoms with Crippen LogP contribution in [0.3, 0.4) is 0 Å². The van der Waals surface area contributed by atoms with Crippen molar-refractivity contribution < 1.29 is 4.79 Å². The molecule has 0 spiro atoms. The predicted octanol–water partition coefficient (Wildman–Crippen LogP) is 4.60. The van der Waals surface area contributed by atoms with Gasteiger partial charge in [0.25, 0.3) is 0 Å². The van der Waals surface area contributed by atoms with Crippen molar-refractivity contribution in [3.8, 4) is 11.1 Å². The maximum Gasteiger partial charge on any atom is 0.225 e. The van der Waals surface area contributed by atoms with Gasteiger partial charge in [0.1, 0.15) is 5.82 Å². The highest BCUT2D eigenvalue weighted by Crippen LogP contribution is 2.29. The van der Waals surface area contributed by atoms with Crippen LogP contribution in [-0.4, -0.2) is 10.5 Å². The van der Waals surface area contributed by atoms with E-state index in [1.807, 2.05) is 42.8 Å². The highest BCUT2D eigenvalue weighted by molar-refractivity contribution is 6.30. The number of nitrogens with one attached hydrogen (secondary N) is 1. The SMILES string of the molecule is CCCC(=O)Nc1c(-c2cccc(Cl)c2)c(=O)c2ccccc2n1C. The van der Waals surface area contributed by atoms with Crippen LogP contribution in [0.15, 0.2) is 53.3 Å². The fraction of sp³-hybridized carbons (Fsp3) is 0.200. The van der Waals surface area contributed by atoms with Gasteiger partial charge in [-0.15, -0.1) is 0 Å². The molecule has 128 valence electrons. The van der Waals surface area contributed by atoms with Gasteiger partial charge in [-0.05, 0) is 36.2 Å². The van der Waals surface area contributed by atoms with Gasteiger partial charge in [-0.1, -0.05) is 42.8 Å². The third-order valence-electron chi connectivity index (χ3n) is 4.16. The lowest BCUT2D eigenvalue weighted by atomic mass is 10.0. The fourth-order valence-corrected chi connectivity index (χ4v) is 3.16. The van der Waals surface area contributed by atoms with Crippen LogP contribution < -0.4 is 10.7 Å². The first-order valence-corrected chi connectivity index (χ1v) is 8.58. The number of hydrogen-bond acceptors (Lipinski definition) is 2. The maximum absolute atomic E-state index is 13.1. The Labute approximate surface area is 151 Å². The number of rotatable bonds is 4. The second-order valence-electron chi connectivity index (χ2n) is 5.94. The Hall–Kier alpha value is -2.59. The average molecular weight is 355 g/mol. The summed E-state index contributed by atoms with van der Waals surface area (Å²) in [5.74, 6) is 0.375. The van der Waals surface area contributed by atoms with Gasteiger partial charge in [0.05, 0.1) is 11.1 Å². The maximum atomic E-state index is 13.1. The van der Waals surface area contributed by atoms with Crippen molar-refractivity contribution in [3.63, 3.8) is 0 Å². The van der Waals surface area contributed by atoms with E-state index >= 15 is 0 Å². The summed E-state index contributed by atoms with van der Waals surface area (Å²) in [6.07, 6.45) is 1.13. The lowest BCUT2D eigenvalue weighted by Crippen LogP contribution is -2.21. The van der Waals surface area contributed by atoms with Crippen LogP contribution in [-0.2, 0) is 11.8 Å². The Morgan fingerprint density at radius 1 is 1.16 bits per heavy atom. The fourth-order valence-electron chi connectivity index (χ4n) is 2.97. The molecule has 0 aliphatic heterocycles. The van der Waals surface area contributed by atoms with E-state index in [9.17, 15) is 9.59 Å². The molecule has 0 unspecified atom stereocenters. The van der Waals surface area contributed by atoms with Crippen molar-refractivity contribution in [1.82, 2.24) is 4.57 Å². The second-order valence-corrected chi connectivity index (χ2v) is 6.37. The summed E-state index contributed by atoms with van der Waals surface area (Å²) in [6.45, 7) is 1.94. The number of para-hydroxylation sites is 1. The van der Waals surface area contributed by atoms with E-state index in [1.165, 1.54) is 0 Å². The molecule has 0 bridgehead atoms. The molecule has 0 saturated heterocycles. The third-order valence-corrected chi connectivity index (χ3v) is 4.39. The molecule has 0 radical (unpaired) electrons. The Kier molecular flexibility index (Phi) is 4.91. The largest absolute Gasteiger partial charge is 0.330 e. The van der Waals surface area contributed by atoms with Gasteiger partial charge in [-0.2, -0.15) is 0 Å². The summed E-state index contributed by atoms with van der Waals surface area (Å²) in [5.41, 5.74) is 1.78. The zero-order valence-electron chi connectivity index (χ0n) is 14.2. The quantitative estimate of drug-likeness (QED) is 0.744. The molecule has 4 nitrogen and oxygen atoms in total. The standard InChI is InChI=1S/C20H19ClN2O2/c1-3-7-17(24)22-20-18(13-8-6-9-14(21)12-13)19(25)15-10-4-5-11-16(15)23(20)2/h4-6,8-12H,3,7H2,1-2H3,(H,22,24). The summed E-state index contributed by atoms with van der Waals surface area (Å²) in [7, 11) is 1.84. The van der Waals surface area contributed by atoms with Crippen LogP contribution in [0.4, 0.5) is 5.82 Å². The molecule has 3 aromatic rings. The first-order valence-electron chi connectivity index (χ1n) is 8.20. The molecule has 1 N–H and O–H groups in total. The predicted molar refractivity (Wildman–Crippen MR) is 103 cm³/mol. The number of fused-ring (bicyclic) bond motifs is 1. The summed E-state index contributed by atoms with van der Waals surface area (Å²) >= 11 is 6.12. The minimum absolute atomic E-state index is 0.115. The summed E-state index contributed by atoms with van der Waals surface area (Å²) in [4.78, 5) is 25.4. The van der Waals surface area contributed by atoms with E-state index < -0.39 is 0 Å². The Balaban J connectivity index is 2.34. The normalized spacial score (nSPS) is 10.8. The molecule has 2 aromatic carbocycles. The van der Waals surface area contributed by atoms with Crippen LogP contribution in [0.1, 0.15) is 19.8 Å². The molecule has 3 rings (SSSR count). The molecule has 0 aliphatic rings. The molecule has 25 heavy (non-hydrogen) atoms. The van der Waals surface area contributed by atoms with E-state index in [1.54, 1.807) is 24.3 Å². The lowest BCUT2D eigenvalue weighted by Gasteiger charge is -2.18. The van der Waals surface area contributed by atoms with Crippen LogP contribution in [0.5, 0.6) is 0 Å². The molecular weight excluding hydrogens is 336 g/mol. The second kappa shape index (κ2) is 7.11. The zero-order chi connectivity index (χ0) is 18.0. The van der Waals surface area contributed by atoms with Crippen molar-refractivity contribution in [2.45, 2.75) is 19.8 Å². The minimum atomic E-state index is -0.122. The van der Waals surface area contributed by atoms with Gasteiger partial charge < -0.3 is 9.88 Å². The molecule has 5 heteroatoms. The smallest absolute Gasteiger partial charge is 0.225 e. The van der Waals surface area contributed by atoms with Crippen LogP contribution in [0.2, 0.25) is 5.02 Å². The van der Waals surface area contributed by atoms with E-state index in [2.05, 4.69) is 5.32 Å². The number of carbonyl (C=O) groups excluding carboxylic acids is 1. The number of halogens is 1. The zero-order valence-corrected chi connectivity index (χ0v) is 14.9. The molecule has 0 aliphatic carbocycles. The molecule has 1 aromatic heterocycles. The monoisotopic (exact) mass is 354 g/mol. The topological polar surface area (TPSA) is 51.1 Å². The number of carbonyl (C=O) groups is 1. The van der Waals surface area contributed by atoms with Crippen molar-refractivity contribution in [2.24, 2.45) is 7.05 Å². The first-order chi connectivity index (χ1) is 12.0. The Morgan fingerprint density at radius 2 is 1.92 bits per heavy atom. The van der Waals surface area contributed by atoms with Crippen LogP contribution in [0, 0.1) is 0 Å². The van der Waals surface area contributed by atoms with E-state index in [4.69, 9.17) is 11.6 Å². The number of anilines is 1. The molecule has 1 amide bonds. The van der Waals surface area contributed by atoms with E-state index in [0.717, 1.165) is 11.9 Å². The van der Waals surface area contributed by atoms with Gasteiger partial charge in [-0.25, -0.2) is 0 Å². The van der Waals surface area contributed by atoms with Gasteiger partial charge in [0.2, 0.25) is 5.91 Å². The van der Waals surface area contributed by atoms with Crippen LogP contribution >= 0.6 is 11.6 Å². The van der Waals surface area contributed by atoms with Crippen molar-refractivity contribution >= 4 is 34.2 Å². The first kappa shape index (κ1) is 17.2. The van der Waals surface area contributed by atoms with Gasteiger partial charge in [0.15, 0.2) is 5.43 Å². The number of pyridine rings is 1. The summed E-state index contributed by atoms with van der Waals surface area (Å²) in [5, 5.41) is 4.06. The number of hydrogen-bond donors (Lipinski definition) is 1. The Bertz CT molecular complexity index is 1010. The molecular formula is C20H19ClN2O2. The number of aromatic nitrogens is 1. The third kappa shape index (κ3) is 3.30. The van der Waals surface area contributed by atoms with Crippen molar-refractivity contribution in [3.05, 3.63) is 63.8 Å². The average Bonchev–Trinajstić information content (AvgIpc) is 2.60. The number of aryl methyl sites for hydroxylation is 1. The molecule has 1 heterocycles. The Morgan fingerprint density at radius 3 is 2.64 bits per heavy atom. The summed E-state index contributed by atoms with van der Waals surface area (Å²) in [6, 6.07) is 14.5. The molecule has 0 fully saturated rings. The minimum Gasteiger partial charge on any atom is -0.330 e. The van der Waals surface area contributed by atoms with Crippen molar-refractivity contribution in [2.75, 3.05) is 5.32 Å². The van der Waals surface area contributed by atoms with Crippen LogP contribution in [0.25, 0.3) is 22.0 Å². The molecule has 0 saturated carbocycles. The van der Waals surface area contributed by atoms with E-state index in [0.29, 0.717) is 33.8 Å². The highest BCUT2D eigenvalue weighted by atomic mass is 35.5. The number of nitrogens with zero attached hydrogens (tertiary/aromatic N) is 1. The molecule has 0 atom stereocenters. The van der Waals surface area contributed by atoms with Gasteiger partial charge in [-0.3, -0.25) is 9.59 Å². The van der Waals surface area contributed by atoms with Gasteiger partial charge >= 0.3 is 0 Å².